The molecule has 0 aliphatic heterocycles. The highest BCUT2D eigenvalue weighted by molar-refractivity contribution is 7.90. The number of carbonyl (C=O) groups excluding carboxylic acids is 1. The second-order valence-corrected chi connectivity index (χ2v) is 6.74. The van der Waals surface area contributed by atoms with Gasteiger partial charge in [-0.15, -0.1) is 0 Å². The van der Waals surface area contributed by atoms with Crippen LogP contribution in [0, 0.1) is 0 Å². The molecule has 0 saturated carbocycles. The first-order chi connectivity index (χ1) is 8.04. The third-order valence-corrected chi connectivity index (χ3v) is 3.31. The number of rotatable bonds is 7. The second kappa shape index (κ2) is 6.69. The van der Waals surface area contributed by atoms with Gasteiger partial charge >= 0.3 is 5.97 Å². The monoisotopic (exact) mass is 280 g/mol. The van der Waals surface area contributed by atoms with Crippen LogP contribution >= 0.6 is 0 Å². The number of carboxylic acid groups (broad SMARTS) is 1. The zero-order valence-electron chi connectivity index (χ0n) is 10.8. The zero-order chi connectivity index (χ0) is 14.5. The molecule has 7 nitrogen and oxygen atoms in total. The molecule has 0 spiro atoms. The number of aliphatic carboxylic acids is 1. The molecule has 1 atom stereocenters. The molecule has 106 valence electrons. The van der Waals surface area contributed by atoms with Gasteiger partial charge in [0, 0.05) is 12.3 Å². The third-order valence-electron chi connectivity index (χ3n) is 2.33. The van der Waals surface area contributed by atoms with Crippen LogP contribution in [0.3, 0.4) is 0 Å². The van der Waals surface area contributed by atoms with Gasteiger partial charge in [-0.25, -0.2) is 8.42 Å². The van der Waals surface area contributed by atoms with Crippen molar-refractivity contribution >= 4 is 21.7 Å². The van der Waals surface area contributed by atoms with Crippen molar-refractivity contribution in [3.05, 3.63) is 0 Å². The molecule has 0 radical (unpaired) electrons. The summed E-state index contributed by atoms with van der Waals surface area (Å²) in [6.45, 7) is 2.90. The lowest BCUT2D eigenvalue weighted by Gasteiger charge is -2.27. The van der Waals surface area contributed by atoms with Gasteiger partial charge in [0.2, 0.25) is 5.91 Å². The van der Waals surface area contributed by atoms with E-state index in [0.717, 1.165) is 11.2 Å². The van der Waals surface area contributed by atoms with Crippen LogP contribution in [0.4, 0.5) is 0 Å². The lowest BCUT2D eigenvalue weighted by Crippen LogP contribution is -2.49. The molecule has 0 aliphatic rings. The van der Waals surface area contributed by atoms with Gasteiger partial charge in [0.1, 0.15) is 16.4 Å². The van der Waals surface area contributed by atoms with E-state index in [0.29, 0.717) is 0 Å². The van der Waals surface area contributed by atoms with E-state index >= 15 is 0 Å². The molecule has 0 saturated heterocycles. The van der Waals surface area contributed by atoms with Crippen molar-refractivity contribution in [2.75, 3.05) is 18.6 Å². The number of carboxylic acids is 1. The maximum Gasteiger partial charge on any atom is 0.323 e. The maximum atomic E-state index is 11.9. The van der Waals surface area contributed by atoms with Crippen molar-refractivity contribution in [2.45, 2.75) is 32.4 Å². The fourth-order valence-electron chi connectivity index (χ4n) is 1.34. The number of hydrogen-bond donors (Lipinski definition) is 2. The van der Waals surface area contributed by atoms with Crippen LogP contribution in [0.2, 0.25) is 0 Å². The molecule has 18 heavy (non-hydrogen) atoms. The number of nitrogens with two attached hydrogens (primary N) is 1. The maximum absolute atomic E-state index is 11.9. The van der Waals surface area contributed by atoms with Gasteiger partial charge in [0.05, 0.1) is 11.8 Å². The molecule has 0 aromatic rings. The minimum atomic E-state index is -3.19. The molecule has 1 amide bonds. The van der Waals surface area contributed by atoms with Gasteiger partial charge in [0.15, 0.2) is 0 Å². The van der Waals surface area contributed by atoms with Gasteiger partial charge < -0.3 is 15.7 Å². The predicted molar refractivity (Wildman–Crippen MR) is 66.8 cm³/mol. The van der Waals surface area contributed by atoms with Gasteiger partial charge in [0.25, 0.3) is 0 Å². The summed E-state index contributed by atoms with van der Waals surface area (Å²) in [6, 6.07) is -1.31. The summed E-state index contributed by atoms with van der Waals surface area (Å²) in [7, 11) is -3.19. The fraction of sp³-hybridized carbons (Fsp3) is 0.800. The molecule has 0 aromatic heterocycles. The van der Waals surface area contributed by atoms with Crippen LogP contribution in [0.5, 0.6) is 0 Å². The number of nitrogens with zero attached hydrogens (tertiary/aromatic N) is 1. The van der Waals surface area contributed by atoms with E-state index in [4.69, 9.17) is 10.8 Å². The molecule has 0 aliphatic carbocycles. The summed E-state index contributed by atoms with van der Waals surface area (Å²) >= 11 is 0. The smallest absolute Gasteiger partial charge is 0.323 e. The SMILES string of the molecule is CC(C)N(CC(=O)O)C(=O)C(N)CCS(C)(=O)=O. The van der Waals surface area contributed by atoms with Gasteiger partial charge in [-0.2, -0.15) is 0 Å². The molecule has 0 bridgehead atoms. The largest absolute Gasteiger partial charge is 0.480 e. The quantitative estimate of drug-likeness (QED) is 0.622. The molecule has 3 N–H and O–H groups in total. The van der Waals surface area contributed by atoms with Crippen molar-refractivity contribution in [2.24, 2.45) is 5.73 Å². The molecular weight excluding hydrogens is 260 g/mol. The highest BCUT2D eigenvalue weighted by Gasteiger charge is 2.25. The summed E-state index contributed by atoms with van der Waals surface area (Å²) in [5.74, 6) is -1.87. The van der Waals surface area contributed by atoms with Crippen LogP contribution in [-0.4, -0.2) is 60.9 Å². The number of amides is 1. The van der Waals surface area contributed by atoms with E-state index in [1.165, 1.54) is 0 Å². The third kappa shape index (κ3) is 6.55. The van der Waals surface area contributed by atoms with Gasteiger partial charge in [-0.3, -0.25) is 9.59 Å². The van der Waals surface area contributed by atoms with Crippen molar-refractivity contribution in [3.8, 4) is 0 Å². The van der Waals surface area contributed by atoms with Crippen molar-refractivity contribution in [1.29, 1.82) is 0 Å². The average Bonchev–Trinajstić information content (AvgIpc) is 2.19. The Bertz CT molecular complexity index is 404. The number of sulfone groups is 1. The molecule has 0 aromatic carbocycles. The summed E-state index contributed by atoms with van der Waals surface area (Å²) in [5.41, 5.74) is 5.59. The van der Waals surface area contributed by atoms with Gasteiger partial charge in [-0.1, -0.05) is 0 Å². The van der Waals surface area contributed by atoms with E-state index < -0.39 is 34.3 Å². The summed E-state index contributed by atoms with van der Waals surface area (Å²) in [6.07, 6.45) is 1.04. The Morgan fingerprint density at radius 1 is 1.33 bits per heavy atom. The summed E-state index contributed by atoms with van der Waals surface area (Å²) in [5, 5.41) is 8.69. The highest BCUT2D eigenvalue weighted by atomic mass is 32.2. The lowest BCUT2D eigenvalue weighted by molar-refractivity contribution is -0.146. The molecular formula is C10H20N2O5S. The standard InChI is InChI=1S/C10H20N2O5S/c1-7(2)12(6-9(13)14)10(15)8(11)4-5-18(3,16)17/h7-8H,4-6,11H2,1-3H3,(H,13,14). The first-order valence-electron chi connectivity index (χ1n) is 5.50. The Balaban J connectivity index is 4.62. The predicted octanol–water partition coefficient (Wildman–Crippen LogP) is -0.930. The van der Waals surface area contributed by atoms with E-state index in [-0.39, 0.29) is 18.2 Å². The summed E-state index contributed by atoms with van der Waals surface area (Å²) in [4.78, 5) is 23.6. The Morgan fingerprint density at radius 3 is 2.17 bits per heavy atom. The van der Waals surface area contributed by atoms with Crippen molar-refractivity contribution < 1.29 is 23.1 Å². The molecule has 0 fully saturated rings. The Morgan fingerprint density at radius 2 is 1.83 bits per heavy atom. The molecule has 8 heteroatoms. The minimum absolute atomic E-state index is 0.0134. The van der Waals surface area contributed by atoms with E-state index in [2.05, 4.69) is 0 Å². The topological polar surface area (TPSA) is 118 Å². The van der Waals surface area contributed by atoms with E-state index in [9.17, 15) is 18.0 Å². The normalized spacial score (nSPS) is 13.4. The molecule has 1 unspecified atom stereocenters. The minimum Gasteiger partial charge on any atom is -0.480 e. The number of hydrogen-bond acceptors (Lipinski definition) is 5. The van der Waals surface area contributed by atoms with Gasteiger partial charge in [-0.05, 0) is 20.3 Å². The van der Waals surface area contributed by atoms with Crippen LogP contribution in [-0.2, 0) is 19.4 Å². The van der Waals surface area contributed by atoms with Crippen molar-refractivity contribution in [1.82, 2.24) is 4.90 Å². The molecule has 0 rings (SSSR count). The number of carbonyl (C=O) groups is 2. The first-order valence-corrected chi connectivity index (χ1v) is 7.56. The first kappa shape index (κ1) is 16.9. The average molecular weight is 280 g/mol. The summed E-state index contributed by atoms with van der Waals surface area (Å²) < 4.78 is 21.9. The highest BCUT2D eigenvalue weighted by Crippen LogP contribution is 2.04. The van der Waals surface area contributed by atoms with E-state index in [1.807, 2.05) is 0 Å². The Hall–Kier alpha value is -1.15. The Labute approximate surface area is 107 Å². The van der Waals surface area contributed by atoms with E-state index in [1.54, 1.807) is 13.8 Å². The second-order valence-electron chi connectivity index (χ2n) is 4.48. The zero-order valence-corrected chi connectivity index (χ0v) is 11.6. The molecule has 0 heterocycles. The van der Waals surface area contributed by atoms with Crippen molar-refractivity contribution in [3.63, 3.8) is 0 Å². The van der Waals surface area contributed by atoms with Crippen LogP contribution < -0.4 is 5.73 Å². The van der Waals surface area contributed by atoms with Crippen LogP contribution in [0.25, 0.3) is 0 Å². The van der Waals surface area contributed by atoms with Crippen LogP contribution in [0.1, 0.15) is 20.3 Å². The van der Waals surface area contributed by atoms with Crippen LogP contribution in [0.15, 0.2) is 0 Å². The lowest BCUT2D eigenvalue weighted by atomic mass is 10.2. The Kier molecular flexibility index (Phi) is 6.27. The fourth-order valence-corrected chi connectivity index (χ4v) is 2.02.